The zero-order valence-electron chi connectivity index (χ0n) is 16.4. The van der Waals surface area contributed by atoms with Crippen LogP contribution in [0.4, 0.5) is 0 Å². The third kappa shape index (κ3) is 3.69. The number of ether oxygens (including phenoxy) is 1. The third-order valence-corrected chi connectivity index (χ3v) is 6.63. The van der Waals surface area contributed by atoms with Gasteiger partial charge in [0.2, 0.25) is 5.91 Å². The van der Waals surface area contributed by atoms with Gasteiger partial charge in [0.1, 0.15) is 0 Å². The van der Waals surface area contributed by atoms with Gasteiger partial charge < -0.3 is 14.5 Å². The average molecular weight is 432 g/mol. The molecule has 4 rings (SSSR count). The number of hydrogen-bond acceptors (Lipinski definition) is 6. The SMILES string of the molecule is COC(=O)C1=C(C)N=C2SC=C(CC(=O)N3CCCC3)N2[C@@H]1c1ccccc1Cl. The minimum atomic E-state index is -0.490. The summed E-state index contributed by atoms with van der Waals surface area (Å²) in [4.78, 5) is 34.0. The molecule has 29 heavy (non-hydrogen) atoms. The lowest BCUT2D eigenvalue weighted by Crippen LogP contribution is -2.38. The van der Waals surface area contributed by atoms with Crippen molar-refractivity contribution in [2.75, 3.05) is 20.2 Å². The molecule has 0 aliphatic carbocycles. The van der Waals surface area contributed by atoms with E-state index in [9.17, 15) is 9.59 Å². The molecule has 152 valence electrons. The lowest BCUT2D eigenvalue weighted by molar-refractivity contribution is -0.136. The molecule has 1 fully saturated rings. The van der Waals surface area contributed by atoms with Gasteiger partial charge in [0.15, 0.2) is 5.17 Å². The Labute approximate surface area is 179 Å². The van der Waals surface area contributed by atoms with Gasteiger partial charge in [-0.25, -0.2) is 9.79 Å². The van der Waals surface area contributed by atoms with Crippen molar-refractivity contribution < 1.29 is 14.3 Å². The van der Waals surface area contributed by atoms with Crippen molar-refractivity contribution in [3.05, 3.63) is 57.2 Å². The van der Waals surface area contributed by atoms with Crippen LogP contribution in [0.5, 0.6) is 0 Å². The van der Waals surface area contributed by atoms with Crippen LogP contribution in [-0.2, 0) is 14.3 Å². The minimum absolute atomic E-state index is 0.0967. The van der Waals surface area contributed by atoms with Gasteiger partial charge in [-0.15, -0.1) is 0 Å². The van der Waals surface area contributed by atoms with Crippen molar-refractivity contribution in [2.45, 2.75) is 32.2 Å². The maximum atomic E-state index is 12.8. The fourth-order valence-corrected chi connectivity index (χ4v) is 5.17. The number of carbonyl (C=O) groups is 2. The van der Waals surface area contributed by atoms with E-state index in [0.29, 0.717) is 16.3 Å². The number of benzene rings is 1. The first kappa shape index (κ1) is 20.0. The normalized spacial score (nSPS) is 21.1. The first-order valence-electron chi connectivity index (χ1n) is 9.56. The molecular formula is C21H22ClN3O3S. The maximum Gasteiger partial charge on any atom is 0.338 e. The second-order valence-corrected chi connectivity index (χ2v) is 8.41. The maximum absolute atomic E-state index is 12.8. The number of fused-ring (bicyclic) bond motifs is 1. The fraction of sp³-hybridized carbons (Fsp3) is 0.381. The molecule has 8 heteroatoms. The number of esters is 1. The topological polar surface area (TPSA) is 62.2 Å². The molecule has 0 saturated carbocycles. The predicted octanol–water partition coefficient (Wildman–Crippen LogP) is 4.10. The summed E-state index contributed by atoms with van der Waals surface area (Å²) < 4.78 is 5.06. The Kier molecular flexibility index (Phi) is 5.69. The number of likely N-dealkylation sites (tertiary alicyclic amines) is 1. The Morgan fingerprint density at radius 3 is 2.69 bits per heavy atom. The Morgan fingerprint density at radius 2 is 2.00 bits per heavy atom. The number of hydrogen-bond donors (Lipinski definition) is 0. The van der Waals surface area contributed by atoms with Crippen molar-refractivity contribution in [2.24, 2.45) is 4.99 Å². The van der Waals surface area contributed by atoms with Crippen LogP contribution < -0.4 is 0 Å². The van der Waals surface area contributed by atoms with Crippen LogP contribution >= 0.6 is 23.4 Å². The number of allylic oxidation sites excluding steroid dienone is 1. The summed E-state index contributed by atoms with van der Waals surface area (Å²) >= 11 is 7.99. The molecule has 1 aromatic rings. The lowest BCUT2D eigenvalue weighted by atomic mass is 9.93. The Hall–Kier alpha value is -2.25. The highest BCUT2D eigenvalue weighted by atomic mass is 35.5. The monoisotopic (exact) mass is 431 g/mol. The second-order valence-electron chi connectivity index (χ2n) is 7.17. The standard InChI is InChI=1S/C21H22ClN3O3S/c1-13-18(20(27)28-2)19(15-7-3-4-8-16(15)22)25-14(12-29-21(25)23-13)11-17(26)24-9-5-6-10-24/h3-4,7-8,12,19H,5-6,9-11H2,1-2H3/t19-/m1/s1. The number of nitrogens with zero attached hydrogens (tertiary/aromatic N) is 3. The number of methoxy groups -OCH3 is 1. The summed E-state index contributed by atoms with van der Waals surface area (Å²) in [6.07, 6.45) is 2.36. The van der Waals surface area contributed by atoms with Crippen LogP contribution in [0.1, 0.15) is 37.8 Å². The molecule has 0 bridgehead atoms. The molecular weight excluding hydrogens is 410 g/mol. The quantitative estimate of drug-likeness (QED) is 0.671. The zero-order chi connectivity index (χ0) is 20.5. The van der Waals surface area contributed by atoms with Gasteiger partial charge in [0, 0.05) is 23.8 Å². The fourth-order valence-electron chi connectivity index (χ4n) is 3.97. The Bertz CT molecular complexity index is 950. The van der Waals surface area contributed by atoms with E-state index in [1.807, 2.05) is 33.4 Å². The van der Waals surface area contributed by atoms with E-state index in [1.54, 1.807) is 13.0 Å². The Morgan fingerprint density at radius 1 is 1.28 bits per heavy atom. The summed E-state index contributed by atoms with van der Waals surface area (Å²) in [5, 5.41) is 3.24. The van der Waals surface area contributed by atoms with Crippen molar-refractivity contribution in [1.82, 2.24) is 9.80 Å². The number of halogens is 1. The highest BCUT2D eigenvalue weighted by molar-refractivity contribution is 8.16. The van der Waals surface area contributed by atoms with Gasteiger partial charge in [-0.1, -0.05) is 41.6 Å². The molecule has 0 N–H and O–H groups in total. The van der Waals surface area contributed by atoms with E-state index in [2.05, 4.69) is 4.99 Å². The van der Waals surface area contributed by atoms with Gasteiger partial charge in [0.25, 0.3) is 0 Å². The van der Waals surface area contributed by atoms with Crippen LogP contribution in [-0.4, -0.2) is 47.0 Å². The molecule has 3 aliphatic heterocycles. The molecule has 1 atom stereocenters. The summed E-state index contributed by atoms with van der Waals surface area (Å²) in [6.45, 7) is 3.41. The van der Waals surface area contributed by atoms with Crippen molar-refractivity contribution >= 4 is 40.4 Å². The lowest BCUT2D eigenvalue weighted by Gasteiger charge is -2.36. The first-order chi connectivity index (χ1) is 14.0. The van der Waals surface area contributed by atoms with Crippen LogP contribution in [0.25, 0.3) is 0 Å². The number of aliphatic imine (C=N–C) groups is 1. The third-order valence-electron chi connectivity index (χ3n) is 5.40. The molecule has 3 aliphatic rings. The van der Waals surface area contributed by atoms with Crippen LogP contribution in [0.15, 0.2) is 51.6 Å². The van der Waals surface area contributed by atoms with Crippen LogP contribution in [0.2, 0.25) is 5.02 Å². The molecule has 0 unspecified atom stereocenters. The minimum Gasteiger partial charge on any atom is -0.466 e. The average Bonchev–Trinajstić information content (AvgIpc) is 3.37. The zero-order valence-corrected chi connectivity index (χ0v) is 17.9. The predicted molar refractivity (Wildman–Crippen MR) is 114 cm³/mol. The van der Waals surface area contributed by atoms with Gasteiger partial charge in [-0.3, -0.25) is 4.79 Å². The molecule has 1 aromatic carbocycles. The van der Waals surface area contributed by atoms with Crippen molar-refractivity contribution in [3.63, 3.8) is 0 Å². The van der Waals surface area contributed by atoms with Gasteiger partial charge >= 0.3 is 5.97 Å². The smallest absolute Gasteiger partial charge is 0.338 e. The number of amides is 1. The van der Waals surface area contributed by atoms with Gasteiger partial charge in [-0.05, 0) is 36.8 Å². The first-order valence-corrected chi connectivity index (χ1v) is 10.8. The highest BCUT2D eigenvalue weighted by Crippen LogP contribution is 2.46. The largest absolute Gasteiger partial charge is 0.466 e. The van der Waals surface area contributed by atoms with E-state index in [0.717, 1.165) is 42.4 Å². The number of rotatable bonds is 4. The van der Waals surface area contributed by atoms with Crippen LogP contribution in [0, 0.1) is 0 Å². The van der Waals surface area contributed by atoms with E-state index in [-0.39, 0.29) is 12.3 Å². The summed E-state index contributed by atoms with van der Waals surface area (Å²) in [5.74, 6) is -0.350. The highest BCUT2D eigenvalue weighted by Gasteiger charge is 2.42. The van der Waals surface area contributed by atoms with Crippen LogP contribution in [0.3, 0.4) is 0 Å². The molecule has 1 amide bonds. The van der Waals surface area contributed by atoms with Crippen molar-refractivity contribution in [1.29, 1.82) is 0 Å². The molecule has 1 saturated heterocycles. The summed E-state index contributed by atoms with van der Waals surface area (Å²) in [7, 11) is 1.36. The molecule has 6 nitrogen and oxygen atoms in total. The summed E-state index contributed by atoms with van der Waals surface area (Å²) in [5.41, 5.74) is 2.64. The molecule has 0 aromatic heterocycles. The molecule has 0 radical (unpaired) electrons. The number of carbonyl (C=O) groups excluding carboxylic acids is 2. The number of amidine groups is 1. The molecule has 0 spiro atoms. The van der Waals surface area contributed by atoms with E-state index < -0.39 is 12.0 Å². The molecule has 3 heterocycles. The second kappa shape index (κ2) is 8.24. The van der Waals surface area contributed by atoms with Crippen molar-refractivity contribution in [3.8, 4) is 0 Å². The van der Waals surface area contributed by atoms with Gasteiger partial charge in [-0.2, -0.15) is 0 Å². The summed E-state index contributed by atoms with van der Waals surface area (Å²) in [6, 6.07) is 6.95. The Balaban J connectivity index is 1.74. The van der Waals surface area contributed by atoms with Gasteiger partial charge in [0.05, 0.1) is 30.8 Å². The van der Waals surface area contributed by atoms with E-state index in [1.165, 1.54) is 18.9 Å². The number of thioether (sulfide) groups is 1. The van der Waals surface area contributed by atoms with E-state index in [4.69, 9.17) is 16.3 Å². The van der Waals surface area contributed by atoms with E-state index >= 15 is 0 Å².